The molecule has 0 aromatic heterocycles. The van der Waals surface area contributed by atoms with Gasteiger partial charge in [-0.15, -0.1) is 0 Å². The van der Waals surface area contributed by atoms with E-state index in [4.69, 9.17) is 16.8 Å². The number of anilines is 1. The molecule has 10 heteroatoms. The second-order valence-electron chi connectivity index (χ2n) is 5.98. The molecular weight excluding hydrogens is 413 g/mol. The van der Waals surface area contributed by atoms with Gasteiger partial charge in [-0.25, -0.2) is 0 Å². The maximum atomic E-state index is 6.18. The zero-order valence-corrected chi connectivity index (χ0v) is 21.0. The summed E-state index contributed by atoms with van der Waals surface area (Å²) in [6.07, 6.45) is 2.36. The monoisotopic (exact) mass is 441 g/mol. The molecule has 2 unspecified atom stereocenters. The predicted molar refractivity (Wildman–Crippen MR) is 115 cm³/mol. The van der Waals surface area contributed by atoms with E-state index in [0.717, 1.165) is 21.7 Å². The summed E-state index contributed by atoms with van der Waals surface area (Å²) in [6, 6.07) is 8.98. The van der Waals surface area contributed by atoms with Crippen LogP contribution in [0.1, 0.15) is 12.8 Å². The van der Waals surface area contributed by atoms with Gasteiger partial charge in [-0.3, -0.25) is 0 Å². The lowest BCUT2D eigenvalue weighted by molar-refractivity contribution is 0.0761. The van der Waals surface area contributed by atoms with Crippen molar-refractivity contribution >= 4 is 57.9 Å². The van der Waals surface area contributed by atoms with Crippen molar-refractivity contribution in [1.82, 2.24) is 0 Å². The van der Waals surface area contributed by atoms with Crippen molar-refractivity contribution < 1.29 is 16.8 Å². The van der Waals surface area contributed by atoms with Crippen LogP contribution >= 0.6 is 8.58 Å². The Balaban J connectivity index is 1.95. The second kappa shape index (κ2) is 11.9. The molecule has 5 nitrogen and oxygen atoms in total. The summed E-state index contributed by atoms with van der Waals surface area (Å²) >= 11 is 0. The maximum absolute atomic E-state index is 6.18. The zero-order valence-electron chi connectivity index (χ0n) is 16.0. The fourth-order valence-electron chi connectivity index (χ4n) is 3.02. The molecule has 1 heterocycles. The van der Waals surface area contributed by atoms with E-state index in [-0.39, 0.29) is 0 Å². The SMILES string of the molecule is C[Si]O[Si](OCC1CCCN(c2ccc(PC)cc2)C1)(O[Si]C)O[Si]C. The van der Waals surface area contributed by atoms with Crippen molar-refractivity contribution in [3.8, 4) is 0 Å². The minimum Gasteiger partial charge on any atom is -0.395 e. The summed E-state index contributed by atoms with van der Waals surface area (Å²) in [4.78, 5) is 2.47. The van der Waals surface area contributed by atoms with E-state index >= 15 is 0 Å². The molecule has 26 heavy (non-hydrogen) atoms. The number of rotatable bonds is 11. The van der Waals surface area contributed by atoms with Gasteiger partial charge in [0, 0.05) is 25.4 Å². The third kappa shape index (κ3) is 6.64. The Hall–Kier alpha value is 0.158. The fourth-order valence-corrected chi connectivity index (χ4v) is 9.29. The van der Waals surface area contributed by atoms with Crippen LogP contribution in [0.25, 0.3) is 0 Å². The second-order valence-corrected chi connectivity index (χ2v) is 12.0. The molecule has 0 bridgehead atoms. The van der Waals surface area contributed by atoms with Crippen LogP contribution in [0.4, 0.5) is 5.69 Å². The van der Waals surface area contributed by atoms with Crippen LogP contribution in [-0.4, -0.2) is 64.7 Å². The Bertz CT molecular complexity index is 508. The average Bonchev–Trinajstić information content (AvgIpc) is 2.67. The topological polar surface area (TPSA) is 40.2 Å². The van der Waals surface area contributed by atoms with Gasteiger partial charge in [-0.2, -0.15) is 0 Å². The number of hydrogen-bond donors (Lipinski definition) is 0. The zero-order chi connectivity index (χ0) is 18.8. The van der Waals surface area contributed by atoms with Crippen molar-refractivity contribution in [2.24, 2.45) is 5.92 Å². The number of hydrogen-bond acceptors (Lipinski definition) is 5. The van der Waals surface area contributed by atoms with Crippen molar-refractivity contribution in [2.75, 3.05) is 31.3 Å². The van der Waals surface area contributed by atoms with Crippen LogP contribution in [-0.2, 0) is 16.8 Å². The number of benzene rings is 1. The standard InChI is InChI=1S/C16H28NO4PSi4/c1-22-16-9-7-15(8-10-16)17-11-5-6-14(12-17)13-18-26(19-23-2,20-24-3)21-25-4/h7-10,14,22H,5-6,11-13H2,1-4H3. The van der Waals surface area contributed by atoms with Gasteiger partial charge >= 0.3 is 9.05 Å². The Labute approximate surface area is 168 Å². The quantitative estimate of drug-likeness (QED) is 0.389. The van der Waals surface area contributed by atoms with Gasteiger partial charge < -0.3 is 21.7 Å². The Kier molecular flexibility index (Phi) is 10.3. The van der Waals surface area contributed by atoms with Gasteiger partial charge in [0.2, 0.25) is 29.3 Å². The smallest absolute Gasteiger partial charge is 0.395 e. The molecule has 142 valence electrons. The molecule has 2 rings (SSSR count). The highest BCUT2D eigenvalue weighted by Crippen LogP contribution is 2.24. The molecule has 1 aromatic rings. The molecule has 2 atom stereocenters. The molecule has 1 aromatic carbocycles. The van der Waals surface area contributed by atoms with Gasteiger partial charge in [0.1, 0.15) is 0 Å². The molecule has 1 aliphatic rings. The summed E-state index contributed by atoms with van der Waals surface area (Å²) in [5.41, 5.74) is 1.31. The molecular formula is C16H28NO4PSi4. The lowest BCUT2D eigenvalue weighted by Crippen LogP contribution is -2.52. The predicted octanol–water partition coefficient (Wildman–Crippen LogP) is 2.34. The summed E-state index contributed by atoms with van der Waals surface area (Å²) in [7, 11) is -1.21. The van der Waals surface area contributed by atoms with E-state index in [9.17, 15) is 0 Å². The highest BCUT2D eigenvalue weighted by molar-refractivity contribution is 7.46. The van der Waals surface area contributed by atoms with E-state index < -0.39 is 9.05 Å². The Morgan fingerprint density at radius 2 is 1.69 bits per heavy atom. The van der Waals surface area contributed by atoms with E-state index in [1.807, 2.05) is 19.6 Å². The Morgan fingerprint density at radius 1 is 1.08 bits per heavy atom. The normalized spacial score (nSPS) is 18.8. The van der Waals surface area contributed by atoms with Crippen LogP contribution in [0.5, 0.6) is 0 Å². The summed E-state index contributed by atoms with van der Waals surface area (Å²) in [5, 5.41) is 1.41. The third-order valence-electron chi connectivity index (χ3n) is 4.22. The first-order valence-corrected chi connectivity index (χ1v) is 16.2. The van der Waals surface area contributed by atoms with Gasteiger partial charge in [0.05, 0.1) is 0 Å². The van der Waals surface area contributed by atoms with Crippen molar-refractivity contribution in [1.29, 1.82) is 0 Å². The molecule has 1 fully saturated rings. The molecule has 0 saturated carbocycles. The molecule has 0 aliphatic carbocycles. The lowest BCUT2D eigenvalue weighted by atomic mass is 9.98. The van der Waals surface area contributed by atoms with Crippen LogP contribution in [0, 0.1) is 5.92 Å². The largest absolute Gasteiger partial charge is 0.647 e. The van der Waals surface area contributed by atoms with Gasteiger partial charge in [-0.1, -0.05) is 20.7 Å². The van der Waals surface area contributed by atoms with Gasteiger partial charge in [0.15, 0.2) is 0 Å². The average molecular weight is 442 g/mol. The molecule has 1 saturated heterocycles. The highest BCUT2D eigenvalue weighted by atomic mass is 31.1. The number of nitrogens with zero attached hydrogens (tertiary/aromatic N) is 1. The number of piperidine rings is 1. The van der Waals surface area contributed by atoms with Crippen LogP contribution in [0.2, 0.25) is 19.6 Å². The minimum absolute atomic E-state index is 0.305. The molecule has 6 radical (unpaired) electrons. The molecule has 1 aliphatic heterocycles. The highest BCUT2D eigenvalue weighted by Gasteiger charge is 2.44. The Morgan fingerprint density at radius 3 is 2.23 bits per heavy atom. The van der Waals surface area contributed by atoms with E-state index in [1.165, 1.54) is 23.8 Å². The van der Waals surface area contributed by atoms with Gasteiger partial charge in [-0.05, 0) is 62.5 Å². The lowest BCUT2D eigenvalue weighted by Gasteiger charge is -2.36. The summed E-state index contributed by atoms with van der Waals surface area (Å²) in [6.45, 7) is 10.9. The van der Waals surface area contributed by atoms with Crippen LogP contribution < -0.4 is 10.2 Å². The van der Waals surface area contributed by atoms with E-state index in [1.54, 1.807) is 0 Å². The summed E-state index contributed by atoms with van der Waals surface area (Å²) < 4.78 is 23.7. The fraction of sp³-hybridized carbons (Fsp3) is 0.625. The summed E-state index contributed by atoms with van der Waals surface area (Å²) in [5.74, 6) is 0.472. The first-order chi connectivity index (χ1) is 12.7. The van der Waals surface area contributed by atoms with Crippen molar-refractivity contribution in [2.45, 2.75) is 32.5 Å². The minimum atomic E-state index is -2.97. The first-order valence-electron chi connectivity index (χ1n) is 8.87. The molecule has 0 spiro atoms. The van der Waals surface area contributed by atoms with Gasteiger partial charge in [0.25, 0.3) is 0 Å². The van der Waals surface area contributed by atoms with E-state index in [0.29, 0.717) is 41.8 Å². The van der Waals surface area contributed by atoms with Crippen molar-refractivity contribution in [3.63, 3.8) is 0 Å². The molecule has 0 amide bonds. The van der Waals surface area contributed by atoms with Crippen molar-refractivity contribution in [3.05, 3.63) is 24.3 Å². The van der Waals surface area contributed by atoms with Crippen LogP contribution in [0.3, 0.4) is 0 Å². The van der Waals surface area contributed by atoms with E-state index in [2.05, 4.69) is 35.8 Å². The molecule has 0 N–H and O–H groups in total. The third-order valence-corrected chi connectivity index (χ3v) is 11.1. The first kappa shape index (κ1) is 22.4. The maximum Gasteiger partial charge on any atom is 0.647 e. The van der Waals surface area contributed by atoms with Crippen LogP contribution in [0.15, 0.2) is 24.3 Å².